The van der Waals surface area contributed by atoms with E-state index in [-0.39, 0.29) is 10.6 Å². The lowest BCUT2D eigenvalue weighted by atomic mass is 10.1. The van der Waals surface area contributed by atoms with Crippen LogP contribution in [-0.2, 0) is 19.1 Å². The zero-order valence-corrected chi connectivity index (χ0v) is 13.0. The Morgan fingerprint density at radius 2 is 1.71 bits per heavy atom. The third kappa shape index (κ3) is 3.31. The molecule has 5 nitrogen and oxygen atoms in total. The van der Waals surface area contributed by atoms with Gasteiger partial charge in [-0.25, -0.2) is 9.59 Å². The highest BCUT2D eigenvalue weighted by molar-refractivity contribution is 6.36. The van der Waals surface area contributed by atoms with Crippen molar-refractivity contribution in [3.63, 3.8) is 0 Å². The summed E-state index contributed by atoms with van der Waals surface area (Å²) in [7, 11) is 1.42. The van der Waals surface area contributed by atoms with Crippen LogP contribution in [0.3, 0.4) is 0 Å². The van der Waals surface area contributed by atoms with E-state index in [9.17, 15) is 9.59 Å². The fourth-order valence-electron chi connectivity index (χ4n) is 1.79. The van der Waals surface area contributed by atoms with E-state index in [4.69, 9.17) is 37.4 Å². The van der Waals surface area contributed by atoms with E-state index in [2.05, 4.69) is 0 Å². The van der Waals surface area contributed by atoms with E-state index in [1.54, 1.807) is 0 Å². The molecule has 1 aliphatic heterocycles. The van der Waals surface area contributed by atoms with Crippen LogP contribution in [0, 0.1) is 0 Å². The quantitative estimate of drug-likeness (QED) is 0.473. The number of cyclic esters (lactones) is 2. The summed E-state index contributed by atoms with van der Waals surface area (Å²) in [6.07, 6.45) is 1.26. The molecule has 0 radical (unpaired) electrons. The number of carbonyl (C=O) groups is 2. The number of ether oxygens (including phenoxy) is 3. The highest BCUT2D eigenvalue weighted by Crippen LogP contribution is 2.34. The summed E-state index contributed by atoms with van der Waals surface area (Å²) >= 11 is 11.9. The smallest absolute Gasteiger partial charge is 0.348 e. The summed E-state index contributed by atoms with van der Waals surface area (Å²) in [5.41, 5.74) is 0.0732. The monoisotopic (exact) mass is 330 g/mol. The molecule has 1 aromatic rings. The summed E-state index contributed by atoms with van der Waals surface area (Å²) in [5.74, 6) is -2.54. The van der Waals surface area contributed by atoms with Gasteiger partial charge >= 0.3 is 11.9 Å². The van der Waals surface area contributed by atoms with Gasteiger partial charge in [-0.3, -0.25) is 0 Å². The van der Waals surface area contributed by atoms with Crippen molar-refractivity contribution in [3.05, 3.63) is 33.3 Å². The van der Waals surface area contributed by atoms with Gasteiger partial charge < -0.3 is 14.2 Å². The minimum Gasteiger partial charge on any atom is -0.496 e. The molecule has 7 heteroatoms. The van der Waals surface area contributed by atoms with Crippen molar-refractivity contribution in [3.8, 4) is 5.75 Å². The third-order valence-electron chi connectivity index (χ3n) is 2.68. The van der Waals surface area contributed by atoms with Gasteiger partial charge in [0.1, 0.15) is 11.3 Å². The van der Waals surface area contributed by atoms with Crippen LogP contribution in [0.2, 0.25) is 10.0 Å². The van der Waals surface area contributed by atoms with Gasteiger partial charge in [0.05, 0.1) is 12.1 Å². The van der Waals surface area contributed by atoms with Gasteiger partial charge in [-0.1, -0.05) is 23.2 Å². The van der Waals surface area contributed by atoms with Crippen LogP contribution in [0.15, 0.2) is 17.7 Å². The summed E-state index contributed by atoms with van der Waals surface area (Å²) < 4.78 is 15.2. The summed E-state index contributed by atoms with van der Waals surface area (Å²) in [4.78, 5) is 23.8. The lowest BCUT2D eigenvalue weighted by Gasteiger charge is -2.29. The van der Waals surface area contributed by atoms with Crippen LogP contribution in [0.4, 0.5) is 0 Å². The number of benzene rings is 1. The van der Waals surface area contributed by atoms with Gasteiger partial charge in [-0.15, -0.1) is 0 Å². The SMILES string of the molecule is COc1cc(Cl)cc(Cl)c1C=C1C(=O)OC(C)(C)OC1=O. The van der Waals surface area contributed by atoms with Crippen LogP contribution in [0.1, 0.15) is 19.4 Å². The summed E-state index contributed by atoms with van der Waals surface area (Å²) in [6, 6.07) is 2.99. The van der Waals surface area contributed by atoms with Gasteiger partial charge in [0.25, 0.3) is 5.79 Å². The van der Waals surface area contributed by atoms with Crippen molar-refractivity contribution in [2.45, 2.75) is 19.6 Å². The number of esters is 2. The highest BCUT2D eigenvalue weighted by atomic mass is 35.5. The van der Waals surface area contributed by atoms with Crippen LogP contribution in [0.25, 0.3) is 6.08 Å². The Kier molecular flexibility index (Phi) is 4.16. The predicted molar refractivity (Wildman–Crippen MR) is 77.3 cm³/mol. The number of hydrogen-bond donors (Lipinski definition) is 0. The van der Waals surface area contributed by atoms with Crippen molar-refractivity contribution in [1.82, 2.24) is 0 Å². The molecule has 1 aliphatic rings. The first-order valence-corrected chi connectivity index (χ1v) is 6.70. The van der Waals surface area contributed by atoms with Gasteiger partial charge in [0.15, 0.2) is 0 Å². The lowest BCUT2D eigenvalue weighted by molar-refractivity contribution is -0.222. The normalized spacial score (nSPS) is 17.1. The van der Waals surface area contributed by atoms with Gasteiger partial charge in [-0.2, -0.15) is 0 Å². The molecule has 0 N–H and O–H groups in total. The van der Waals surface area contributed by atoms with Gasteiger partial charge in [0, 0.05) is 24.4 Å². The zero-order chi connectivity index (χ0) is 15.8. The third-order valence-corrected chi connectivity index (χ3v) is 3.21. The second-order valence-corrected chi connectivity index (χ2v) is 5.58. The van der Waals surface area contributed by atoms with Crippen molar-refractivity contribution in [2.24, 2.45) is 0 Å². The molecule has 0 saturated carbocycles. The lowest BCUT2D eigenvalue weighted by Crippen LogP contribution is -2.41. The zero-order valence-electron chi connectivity index (χ0n) is 11.5. The molecule has 0 aliphatic carbocycles. The standard InChI is InChI=1S/C14H12Cl2O5/c1-14(2)20-12(17)9(13(18)21-14)6-8-10(16)4-7(15)5-11(8)19-3/h4-6H,1-3H3. The van der Waals surface area contributed by atoms with E-state index >= 15 is 0 Å². The number of methoxy groups -OCH3 is 1. The average molecular weight is 331 g/mol. The molecule has 1 aromatic carbocycles. The Hall–Kier alpha value is -1.72. The molecule has 0 unspecified atom stereocenters. The number of rotatable bonds is 2. The molecule has 0 bridgehead atoms. The fraction of sp³-hybridized carbons (Fsp3) is 0.286. The second-order valence-electron chi connectivity index (χ2n) is 4.74. The fourth-order valence-corrected chi connectivity index (χ4v) is 2.32. The molecule has 112 valence electrons. The molecule has 0 spiro atoms. The molecule has 0 amide bonds. The largest absolute Gasteiger partial charge is 0.496 e. The van der Waals surface area contributed by atoms with Crippen LogP contribution >= 0.6 is 23.2 Å². The van der Waals surface area contributed by atoms with Gasteiger partial charge in [0.2, 0.25) is 0 Å². The number of carbonyl (C=O) groups excluding carboxylic acids is 2. The van der Waals surface area contributed by atoms with Crippen LogP contribution in [-0.4, -0.2) is 24.8 Å². The Balaban J connectivity index is 2.49. The molecule has 1 fully saturated rings. The topological polar surface area (TPSA) is 61.8 Å². The first kappa shape index (κ1) is 15.7. The molecule has 1 saturated heterocycles. The second kappa shape index (κ2) is 5.58. The Bertz CT molecular complexity index is 627. The van der Waals surface area contributed by atoms with Crippen LogP contribution < -0.4 is 4.74 Å². The molecule has 2 rings (SSSR count). The maximum atomic E-state index is 11.9. The van der Waals surface area contributed by atoms with E-state index in [0.29, 0.717) is 16.3 Å². The predicted octanol–water partition coefficient (Wildman–Crippen LogP) is 3.22. The highest BCUT2D eigenvalue weighted by Gasteiger charge is 2.39. The van der Waals surface area contributed by atoms with Gasteiger partial charge in [-0.05, 0) is 18.2 Å². The van der Waals surface area contributed by atoms with Crippen molar-refractivity contribution in [1.29, 1.82) is 0 Å². The van der Waals surface area contributed by atoms with E-state index in [0.717, 1.165) is 0 Å². The molecule has 0 atom stereocenters. The summed E-state index contributed by atoms with van der Waals surface area (Å²) in [6.45, 7) is 2.94. The van der Waals surface area contributed by atoms with Crippen molar-refractivity contribution in [2.75, 3.05) is 7.11 Å². The molecular formula is C14H12Cl2O5. The van der Waals surface area contributed by atoms with E-state index in [1.807, 2.05) is 0 Å². The number of halogens is 2. The molecule has 0 aromatic heterocycles. The molecule has 21 heavy (non-hydrogen) atoms. The summed E-state index contributed by atoms with van der Waals surface area (Å²) in [5, 5.41) is 0.603. The van der Waals surface area contributed by atoms with Crippen LogP contribution in [0.5, 0.6) is 5.75 Å². The maximum absolute atomic E-state index is 11.9. The minimum atomic E-state index is -1.29. The maximum Gasteiger partial charge on any atom is 0.348 e. The first-order chi connectivity index (χ1) is 9.73. The van der Waals surface area contributed by atoms with E-state index in [1.165, 1.54) is 39.2 Å². The first-order valence-electron chi connectivity index (χ1n) is 5.95. The molecule has 1 heterocycles. The van der Waals surface area contributed by atoms with E-state index < -0.39 is 17.7 Å². The molecular weight excluding hydrogens is 319 g/mol. The number of hydrogen-bond acceptors (Lipinski definition) is 5. The van der Waals surface area contributed by atoms with Crippen molar-refractivity contribution < 1.29 is 23.8 Å². The average Bonchev–Trinajstić information content (AvgIpc) is 2.33. The Morgan fingerprint density at radius 3 is 2.24 bits per heavy atom. The minimum absolute atomic E-state index is 0.234. The Labute approximate surface area is 131 Å². The van der Waals surface area contributed by atoms with Crippen molar-refractivity contribution >= 4 is 41.2 Å². The Morgan fingerprint density at radius 1 is 1.14 bits per heavy atom.